The Labute approximate surface area is 109 Å². The van der Waals surface area contributed by atoms with Crippen molar-refractivity contribution in [2.24, 2.45) is 0 Å². The molecule has 1 N–H and O–H groups in total. The van der Waals surface area contributed by atoms with Gasteiger partial charge in [0.2, 0.25) is 0 Å². The molecule has 2 heterocycles. The maximum atomic E-state index is 11.0. The highest BCUT2D eigenvalue weighted by atomic mass is 16.6. The number of hydrogen-bond donors (Lipinski definition) is 1. The largest absolute Gasteiger partial charge is 0.386 e. The van der Waals surface area contributed by atoms with Gasteiger partial charge in [0.05, 0.1) is 10.5 Å². The highest BCUT2D eigenvalue weighted by molar-refractivity contribution is 5.97. The van der Waals surface area contributed by atoms with Gasteiger partial charge in [0.1, 0.15) is 5.52 Å². The van der Waals surface area contributed by atoms with Gasteiger partial charge in [0.15, 0.2) is 0 Å². The number of hydrogen-bond acceptors (Lipinski definition) is 5. The molecule has 0 atom stereocenters. The average Bonchev–Trinajstić information content (AvgIpc) is 2.34. The van der Waals surface area contributed by atoms with Crippen LogP contribution in [0.2, 0.25) is 0 Å². The molecule has 1 fully saturated rings. The maximum absolute atomic E-state index is 11.0. The first-order valence-corrected chi connectivity index (χ1v) is 5.97. The van der Waals surface area contributed by atoms with Crippen molar-refractivity contribution in [3.63, 3.8) is 0 Å². The number of nitro groups is 1. The van der Waals surface area contributed by atoms with Crippen molar-refractivity contribution in [3.8, 4) is 0 Å². The standard InChI is InChI=1S/C13H13N3O3/c1-13(17)7-15(8-13)10-5-6-14-12-9(10)3-2-4-11(12)16(18)19/h2-6,17H,7-8H2,1H3. The molecule has 6 nitrogen and oxygen atoms in total. The van der Waals surface area contributed by atoms with Gasteiger partial charge in [-0.15, -0.1) is 0 Å². The summed E-state index contributed by atoms with van der Waals surface area (Å²) < 4.78 is 0. The van der Waals surface area contributed by atoms with Gasteiger partial charge in [0, 0.05) is 36.4 Å². The van der Waals surface area contributed by atoms with Gasteiger partial charge in [-0.3, -0.25) is 10.1 Å². The summed E-state index contributed by atoms with van der Waals surface area (Å²) in [6, 6.07) is 6.74. The number of aromatic nitrogens is 1. The molecule has 1 aromatic heterocycles. The van der Waals surface area contributed by atoms with E-state index in [1.165, 1.54) is 6.07 Å². The van der Waals surface area contributed by atoms with Gasteiger partial charge in [-0.2, -0.15) is 0 Å². The summed E-state index contributed by atoms with van der Waals surface area (Å²) >= 11 is 0. The average molecular weight is 259 g/mol. The maximum Gasteiger partial charge on any atom is 0.295 e. The molecule has 0 bridgehead atoms. The van der Waals surface area contributed by atoms with Crippen LogP contribution in [0, 0.1) is 10.1 Å². The minimum absolute atomic E-state index is 0.00614. The highest BCUT2D eigenvalue weighted by Gasteiger charge is 2.37. The summed E-state index contributed by atoms with van der Waals surface area (Å²) in [7, 11) is 0. The van der Waals surface area contributed by atoms with E-state index >= 15 is 0 Å². The molecule has 0 spiro atoms. The molecule has 19 heavy (non-hydrogen) atoms. The molecule has 1 aliphatic heterocycles. The topological polar surface area (TPSA) is 79.5 Å². The van der Waals surface area contributed by atoms with Crippen molar-refractivity contribution < 1.29 is 10.0 Å². The van der Waals surface area contributed by atoms with Crippen molar-refractivity contribution in [1.29, 1.82) is 0 Å². The van der Waals surface area contributed by atoms with E-state index in [1.54, 1.807) is 19.2 Å². The summed E-state index contributed by atoms with van der Waals surface area (Å²) in [6.07, 6.45) is 1.57. The van der Waals surface area contributed by atoms with E-state index in [9.17, 15) is 15.2 Å². The van der Waals surface area contributed by atoms with Crippen LogP contribution in [0.25, 0.3) is 10.9 Å². The van der Waals surface area contributed by atoms with Gasteiger partial charge in [0.25, 0.3) is 5.69 Å². The van der Waals surface area contributed by atoms with E-state index in [1.807, 2.05) is 17.0 Å². The minimum atomic E-state index is -0.684. The lowest BCUT2D eigenvalue weighted by Gasteiger charge is -2.46. The van der Waals surface area contributed by atoms with Crippen molar-refractivity contribution in [2.75, 3.05) is 18.0 Å². The van der Waals surface area contributed by atoms with Crippen LogP contribution >= 0.6 is 0 Å². The fourth-order valence-corrected chi connectivity index (χ4v) is 2.52. The van der Waals surface area contributed by atoms with E-state index in [-0.39, 0.29) is 5.69 Å². The predicted molar refractivity (Wildman–Crippen MR) is 71.2 cm³/mol. The second-order valence-corrected chi connectivity index (χ2v) is 5.11. The highest BCUT2D eigenvalue weighted by Crippen LogP contribution is 2.35. The van der Waals surface area contributed by atoms with Crippen molar-refractivity contribution in [1.82, 2.24) is 4.98 Å². The Morgan fingerprint density at radius 2 is 2.16 bits per heavy atom. The van der Waals surface area contributed by atoms with Gasteiger partial charge >= 0.3 is 0 Å². The third-order valence-electron chi connectivity index (χ3n) is 3.33. The zero-order valence-electron chi connectivity index (χ0n) is 10.4. The van der Waals surface area contributed by atoms with E-state index in [0.29, 0.717) is 18.6 Å². The quantitative estimate of drug-likeness (QED) is 0.656. The molecular weight excluding hydrogens is 246 g/mol. The minimum Gasteiger partial charge on any atom is -0.386 e. The Balaban J connectivity index is 2.12. The summed E-state index contributed by atoms with van der Waals surface area (Å²) in [5, 5.41) is 21.5. The molecule has 0 unspecified atom stereocenters. The Kier molecular flexibility index (Phi) is 2.43. The molecule has 1 aromatic carbocycles. The van der Waals surface area contributed by atoms with Crippen LogP contribution < -0.4 is 4.90 Å². The molecule has 0 radical (unpaired) electrons. The molecular formula is C13H13N3O3. The molecule has 2 aromatic rings. The van der Waals surface area contributed by atoms with Crippen molar-refractivity contribution in [3.05, 3.63) is 40.6 Å². The molecule has 0 aliphatic carbocycles. The van der Waals surface area contributed by atoms with Crippen LogP contribution in [-0.2, 0) is 0 Å². The number of fused-ring (bicyclic) bond motifs is 1. The predicted octanol–water partition coefficient (Wildman–Crippen LogP) is 1.71. The monoisotopic (exact) mass is 259 g/mol. The number of aliphatic hydroxyl groups is 1. The van der Waals surface area contributed by atoms with Crippen LogP contribution in [0.3, 0.4) is 0 Å². The second-order valence-electron chi connectivity index (χ2n) is 5.11. The Hall–Kier alpha value is -2.21. The van der Waals surface area contributed by atoms with Gasteiger partial charge in [-0.25, -0.2) is 4.98 Å². The number of pyridine rings is 1. The number of nitro benzene ring substituents is 1. The van der Waals surface area contributed by atoms with Crippen molar-refractivity contribution >= 4 is 22.3 Å². The smallest absolute Gasteiger partial charge is 0.295 e. The van der Waals surface area contributed by atoms with Gasteiger partial charge < -0.3 is 10.0 Å². The van der Waals surface area contributed by atoms with Crippen LogP contribution in [0.4, 0.5) is 11.4 Å². The van der Waals surface area contributed by atoms with E-state index in [2.05, 4.69) is 4.98 Å². The van der Waals surface area contributed by atoms with E-state index < -0.39 is 10.5 Å². The molecule has 0 amide bonds. The van der Waals surface area contributed by atoms with Gasteiger partial charge in [-0.05, 0) is 13.0 Å². The molecule has 1 saturated heterocycles. The first kappa shape index (κ1) is 11.9. The third kappa shape index (κ3) is 1.90. The molecule has 3 rings (SSSR count). The number of benzene rings is 1. The fourth-order valence-electron chi connectivity index (χ4n) is 2.52. The summed E-state index contributed by atoms with van der Waals surface area (Å²) in [4.78, 5) is 16.7. The molecule has 1 aliphatic rings. The normalized spacial score (nSPS) is 17.3. The van der Waals surface area contributed by atoms with Crippen LogP contribution in [0.1, 0.15) is 6.92 Å². The number of anilines is 1. The first-order valence-electron chi connectivity index (χ1n) is 5.97. The zero-order chi connectivity index (χ0) is 13.6. The fraction of sp³-hybridized carbons (Fsp3) is 0.308. The Morgan fingerprint density at radius 1 is 1.42 bits per heavy atom. The number of rotatable bonds is 2. The van der Waals surface area contributed by atoms with Crippen LogP contribution in [0.5, 0.6) is 0 Å². The number of β-amino-alcohol motifs (C(OH)–C–C–N with tert-alkyl or cyclic N) is 1. The summed E-state index contributed by atoms with van der Waals surface area (Å²) in [5.41, 5.74) is 0.583. The molecule has 98 valence electrons. The van der Waals surface area contributed by atoms with E-state index in [0.717, 1.165) is 11.1 Å². The SMILES string of the molecule is CC1(O)CN(c2ccnc3c([N+](=O)[O-])cccc23)C1. The van der Waals surface area contributed by atoms with Crippen LogP contribution in [0.15, 0.2) is 30.5 Å². The summed E-state index contributed by atoms with van der Waals surface area (Å²) in [6.45, 7) is 2.82. The number of para-hydroxylation sites is 1. The lowest BCUT2D eigenvalue weighted by molar-refractivity contribution is -0.383. The lowest BCUT2D eigenvalue weighted by atomic mass is 9.95. The molecule has 0 saturated carbocycles. The Morgan fingerprint density at radius 3 is 2.79 bits per heavy atom. The lowest BCUT2D eigenvalue weighted by Crippen LogP contribution is -2.60. The number of non-ortho nitro benzene ring substituents is 1. The van der Waals surface area contributed by atoms with E-state index in [4.69, 9.17) is 0 Å². The first-order chi connectivity index (χ1) is 8.98. The second kappa shape index (κ2) is 3.89. The third-order valence-corrected chi connectivity index (χ3v) is 3.33. The number of nitrogens with zero attached hydrogens (tertiary/aromatic N) is 3. The van der Waals surface area contributed by atoms with Gasteiger partial charge in [-0.1, -0.05) is 12.1 Å². The van der Waals surface area contributed by atoms with Crippen molar-refractivity contribution in [2.45, 2.75) is 12.5 Å². The zero-order valence-corrected chi connectivity index (χ0v) is 10.4. The summed E-state index contributed by atoms with van der Waals surface area (Å²) in [5.74, 6) is 0. The van der Waals surface area contributed by atoms with Crippen LogP contribution in [-0.4, -0.2) is 33.7 Å². The Bertz CT molecular complexity index is 661. The molecule has 6 heteroatoms.